The summed E-state index contributed by atoms with van der Waals surface area (Å²) in [5.41, 5.74) is 1.74. The van der Waals surface area contributed by atoms with Gasteiger partial charge in [0, 0.05) is 5.39 Å². The van der Waals surface area contributed by atoms with Gasteiger partial charge in [-0.2, -0.15) is 0 Å². The summed E-state index contributed by atoms with van der Waals surface area (Å²) in [6.45, 7) is 0. The summed E-state index contributed by atoms with van der Waals surface area (Å²) >= 11 is 0. The second-order valence-electron chi connectivity index (χ2n) is 3.21. The number of pyridine rings is 1. The first-order chi connectivity index (χ1) is 7.80. The van der Waals surface area contributed by atoms with Gasteiger partial charge in [0.1, 0.15) is 11.4 Å². The Morgan fingerprint density at radius 1 is 1.38 bits per heavy atom. The van der Waals surface area contributed by atoms with E-state index in [-0.39, 0.29) is 0 Å². The molecule has 0 radical (unpaired) electrons. The Kier molecular flexibility index (Phi) is 2.57. The van der Waals surface area contributed by atoms with Crippen molar-refractivity contribution in [2.75, 3.05) is 7.11 Å². The zero-order valence-corrected chi connectivity index (χ0v) is 8.73. The van der Waals surface area contributed by atoms with Crippen molar-refractivity contribution < 1.29 is 9.53 Å². The van der Waals surface area contributed by atoms with Gasteiger partial charge in [-0.1, -0.05) is 5.92 Å². The Labute approximate surface area is 93.1 Å². The molecular weight excluding hydrogens is 202 g/mol. The third-order valence-electron chi connectivity index (χ3n) is 2.34. The molecule has 0 aliphatic carbocycles. The molecule has 0 fully saturated rings. The van der Waals surface area contributed by atoms with Gasteiger partial charge in [-0.25, -0.2) is 4.98 Å². The van der Waals surface area contributed by atoms with Crippen LogP contribution < -0.4 is 4.74 Å². The fourth-order valence-corrected chi connectivity index (χ4v) is 1.58. The lowest BCUT2D eigenvalue weighted by atomic mass is 10.1. The lowest BCUT2D eigenvalue weighted by molar-refractivity contribution is 0.111. The Balaban J connectivity index is 2.80. The van der Waals surface area contributed by atoms with Crippen molar-refractivity contribution in [3.63, 3.8) is 0 Å². The van der Waals surface area contributed by atoms with Gasteiger partial charge >= 0.3 is 0 Å². The van der Waals surface area contributed by atoms with Crippen LogP contribution in [0.4, 0.5) is 0 Å². The summed E-state index contributed by atoms with van der Waals surface area (Å²) in [7, 11) is 1.56. The molecular formula is C13H9NO2. The molecule has 0 aliphatic rings. The molecule has 1 heterocycles. The largest absolute Gasteiger partial charge is 0.495 e. The number of aldehydes is 1. The Hall–Kier alpha value is -2.34. The molecule has 3 heteroatoms. The van der Waals surface area contributed by atoms with Crippen molar-refractivity contribution in [1.29, 1.82) is 0 Å². The Morgan fingerprint density at radius 2 is 2.19 bits per heavy atom. The molecule has 0 aliphatic heterocycles. The predicted octanol–water partition coefficient (Wildman–Crippen LogP) is 2.04. The molecule has 1 aromatic heterocycles. The molecule has 1 aromatic carbocycles. The van der Waals surface area contributed by atoms with Gasteiger partial charge in [0.05, 0.1) is 18.2 Å². The molecule has 0 saturated carbocycles. The predicted molar refractivity (Wildman–Crippen MR) is 61.6 cm³/mol. The Morgan fingerprint density at radius 3 is 2.81 bits per heavy atom. The molecule has 0 atom stereocenters. The van der Waals surface area contributed by atoms with Gasteiger partial charge in [0.2, 0.25) is 0 Å². The Bertz CT molecular complexity index is 597. The number of ether oxygens (including phenoxy) is 1. The second kappa shape index (κ2) is 4.03. The lowest BCUT2D eigenvalue weighted by Gasteiger charge is -2.06. The van der Waals surface area contributed by atoms with Gasteiger partial charge in [-0.05, 0) is 24.3 Å². The minimum Gasteiger partial charge on any atom is -0.495 e. The van der Waals surface area contributed by atoms with E-state index in [1.54, 1.807) is 31.4 Å². The van der Waals surface area contributed by atoms with Gasteiger partial charge in [0.15, 0.2) is 6.29 Å². The van der Waals surface area contributed by atoms with E-state index in [0.29, 0.717) is 28.8 Å². The van der Waals surface area contributed by atoms with Crippen molar-refractivity contribution in [3.05, 3.63) is 35.5 Å². The topological polar surface area (TPSA) is 39.2 Å². The van der Waals surface area contributed by atoms with Crippen molar-refractivity contribution in [2.45, 2.75) is 0 Å². The van der Waals surface area contributed by atoms with E-state index in [1.165, 1.54) is 0 Å². The quantitative estimate of drug-likeness (QED) is 0.563. The van der Waals surface area contributed by atoms with Crippen molar-refractivity contribution in [1.82, 2.24) is 4.98 Å². The van der Waals surface area contributed by atoms with Crippen LogP contribution in [-0.2, 0) is 0 Å². The molecule has 2 rings (SSSR count). The van der Waals surface area contributed by atoms with Gasteiger partial charge in [0.25, 0.3) is 0 Å². The van der Waals surface area contributed by atoms with Crippen LogP contribution >= 0.6 is 0 Å². The molecule has 0 saturated heterocycles. The number of carbonyl (C=O) groups excluding carboxylic acids is 1. The van der Waals surface area contributed by atoms with E-state index in [4.69, 9.17) is 11.2 Å². The van der Waals surface area contributed by atoms with Crippen LogP contribution in [0, 0.1) is 12.3 Å². The maximum atomic E-state index is 10.6. The van der Waals surface area contributed by atoms with Crippen LogP contribution in [0.25, 0.3) is 10.9 Å². The number of nitrogens with zero attached hydrogens (tertiary/aromatic N) is 1. The van der Waals surface area contributed by atoms with Crippen LogP contribution in [-0.4, -0.2) is 18.4 Å². The van der Waals surface area contributed by atoms with Crippen LogP contribution in [0.3, 0.4) is 0 Å². The molecule has 3 nitrogen and oxygen atoms in total. The zero-order valence-electron chi connectivity index (χ0n) is 8.73. The highest BCUT2D eigenvalue weighted by molar-refractivity contribution is 5.89. The molecule has 0 unspecified atom stereocenters. The molecule has 0 N–H and O–H groups in total. The van der Waals surface area contributed by atoms with Gasteiger partial charge < -0.3 is 4.74 Å². The summed E-state index contributed by atoms with van der Waals surface area (Å²) < 4.78 is 5.16. The van der Waals surface area contributed by atoms with Crippen LogP contribution in [0.1, 0.15) is 16.1 Å². The van der Waals surface area contributed by atoms with E-state index in [1.807, 2.05) is 0 Å². The van der Waals surface area contributed by atoms with Gasteiger partial charge in [-0.15, -0.1) is 6.42 Å². The van der Waals surface area contributed by atoms with E-state index in [9.17, 15) is 4.79 Å². The van der Waals surface area contributed by atoms with Gasteiger partial charge in [-0.3, -0.25) is 4.79 Å². The number of benzene rings is 1. The molecule has 78 valence electrons. The first kappa shape index (κ1) is 10.2. The molecule has 0 spiro atoms. The summed E-state index contributed by atoms with van der Waals surface area (Å²) in [6, 6.07) is 6.94. The maximum Gasteiger partial charge on any atom is 0.168 e. The van der Waals surface area contributed by atoms with Crippen LogP contribution in [0.15, 0.2) is 24.3 Å². The number of terminal acetylenes is 1. The summed E-state index contributed by atoms with van der Waals surface area (Å²) in [5, 5.41) is 0.812. The SMILES string of the molecule is C#Cc1c(OC)ccc2nc(C=O)ccc12. The van der Waals surface area contributed by atoms with Crippen LogP contribution in [0.2, 0.25) is 0 Å². The minimum atomic E-state index is 0.389. The number of rotatable bonds is 2. The third kappa shape index (κ3) is 1.51. The fraction of sp³-hybridized carbons (Fsp3) is 0.0769. The van der Waals surface area contributed by atoms with Crippen molar-refractivity contribution in [3.8, 4) is 18.1 Å². The van der Waals surface area contributed by atoms with E-state index in [0.717, 1.165) is 5.39 Å². The molecule has 0 amide bonds. The average molecular weight is 211 g/mol. The van der Waals surface area contributed by atoms with Crippen LogP contribution in [0.5, 0.6) is 5.75 Å². The smallest absolute Gasteiger partial charge is 0.168 e. The first-order valence-electron chi connectivity index (χ1n) is 4.69. The van der Waals surface area contributed by atoms with Crippen molar-refractivity contribution in [2.24, 2.45) is 0 Å². The average Bonchev–Trinajstić information content (AvgIpc) is 2.36. The summed E-state index contributed by atoms with van der Waals surface area (Å²) in [4.78, 5) is 14.8. The van der Waals surface area contributed by atoms with Crippen molar-refractivity contribution >= 4 is 17.2 Å². The number of aromatic nitrogens is 1. The normalized spacial score (nSPS) is 9.75. The number of hydrogen-bond donors (Lipinski definition) is 0. The fourth-order valence-electron chi connectivity index (χ4n) is 1.58. The second-order valence-corrected chi connectivity index (χ2v) is 3.21. The monoisotopic (exact) mass is 211 g/mol. The first-order valence-corrected chi connectivity index (χ1v) is 4.69. The zero-order chi connectivity index (χ0) is 11.5. The molecule has 2 aromatic rings. The minimum absolute atomic E-state index is 0.389. The lowest BCUT2D eigenvalue weighted by Crippen LogP contribution is -1.93. The highest BCUT2D eigenvalue weighted by atomic mass is 16.5. The highest BCUT2D eigenvalue weighted by Gasteiger charge is 2.07. The summed E-state index contributed by atoms with van der Waals surface area (Å²) in [6.07, 6.45) is 6.14. The number of fused-ring (bicyclic) bond motifs is 1. The highest BCUT2D eigenvalue weighted by Crippen LogP contribution is 2.26. The standard InChI is InChI=1S/C13H9NO2/c1-3-10-11-5-4-9(8-15)14-12(11)6-7-13(10)16-2/h1,4-8H,2H3. The van der Waals surface area contributed by atoms with E-state index < -0.39 is 0 Å². The van der Waals surface area contributed by atoms with E-state index >= 15 is 0 Å². The number of methoxy groups -OCH3 is 1. The summed E-state index contributed by atoms with van der Waals surface area (Å²) in [5.74, 6) is 3.21. The van der Waals surface area contributed by atoms with E-state index in [2.05, 4.69) is 10.9 Å². The third-order valence-corrected chi connectivity index (χ3v) is 2.34. The maximum absolute atomic E-state index is 10.6. The number of hydrogen-bond acceptors (Lipinski definition) is 3. The number of carbonyl (C=O) groups is 1. The molecule has 0 bridgehead atoms. The molecule has 16 heavy (non-hydrogen) atoms.